The van der Waals surface area contributed by atoms with E-state index in [1.165, 1.54) is 0 Å². The zero-order valence-corrected chi connectivity index (χ0v) is 17.4. The van der Waals surface area contributed by atoms with Crippen LogP contribution in [0.2, 0.25) is 0 Å². The van der Waals surface area contributed by atoms with Crippen LogP contribution in [0.3, 0.4) is 0 Å². The average Bonchev–Trinajstić information content (AvgIpc) is 3.40. The number of fused-ring (bicyclic) bond motifs is 1. The number of methoxy groups -OCH3 is 1. The van der Waals surface area contributed by atoms with Crippen LogP contribution in [-0.2, 0) is 6.67 Å². The maximum atomic E-state index is 5.74. The Morgan fingerprint density at radius 2 is 1.83 bits per heavy atom. The van der Waals surface area contributed by atoms with E-state index in [0.29, 0.717) is 23.1 Å². The molecule has 9 heteroatoms. The molecule has 8 nitrogen and oxygen atoms in total. The number of hydrogen-bond donors (Lipinski definition) is 0. The van der Waals surface area contributed by atoms with Gasteiger partial charge in [0.2, 0.25) is 12.7 Å². The van der Waals surface area contributed by atoms with Crippen LogP contribution < -0.4 is 19.1 Å². The van der Waals surface area contributed by atoms with Gasteiger partial charge in [-0.25, -0.2) is 4.68 Å². The third-order valence-corrected chi connectivity index (χ3v) is 5.65. The van der Waals surface area contributed by atoms with Gasteiger partial charge in [-0.1, -0.05) is 12.1 Å². The zero-order valence-electron chi connectivity index (χ0n) is 16.6. The first-order valence-electron chi connectivity index (χ1n) is 9.79. The molecule has 3 heterocycles. The molecule has 2 aliphatic heterocycles. The average molecular weight is 426 g/mol. The topological polar surface area (TPSA) is 65.1 Å². The first kappa shape index (κ1) is 19.0. The van der Waals surface area contributed by atoms with Gasteiger partial charge in [0.25, 0.3) is 4.84 Å². The summed E-state index contributed by atoms with van der Waals surface area (Å²) in [4.78, 5) is 5.01. The lowest BCUT2D eigenvalue weighted by molar-refractivity contribution is 0.174. The summed E-state index contributed by atoms with van der Waals surface area (Å²) in [6, 6.07) is 13.7. The smallest absolute Gasteiger partial charge is 0.288 e. The molecule has 0 aliphatic carbocycles. The lowest BCUT2D eigenvalue weighted by Crippen LogP contribution is -2.47. The molecule has 2 aromatic carbocycles. The number of ether oxygens (including phenoxy) is 3. The molecule has 0 atom stereocenters. The van der Waals surface area contributed by atoms with Gasteiger partial charge in [-0.15, -0.1) is 5.10 Å². The molecule has 0 saturated carbocycles. The van der Waals surface area contributed by atoms with E-state index in [4.69, 9.17) is 30.8 Å². The summed E-state index contributed by atoms with van der Waals surface area (Å²) < 4.78 is 23.8. The van der Waals surface area contributed by atoms with Crippen molar-refractivity contribution in [3.63, 3.8) is 0 Å². The molecule has 2 aliphatic rings. The van der Waals surface area contributed by atoms with Crippen molar-refractivity contribution in [2.75, 3.05) is 45.0 Å². The Kier molecular flexibility index (Phi) is 5.06. The van der Waals surface area contributed by atoms with Gasteiger partial charge in [-0.2, -0.15) is 0 Å². The highest BCUT2D eigenvalue weighted by atomic mass is 32.1. The number of anilines is 1. The number of piperazine rings is 1. The summed E-state index contributed by atoms with van der Waals surface area (Å²) in [5, 5.41) is 4.58. The molecule has 0 N–H and O–H groups in total. The first-order chi connectivity index (χ1) is 14.7. The van der Waals surface area contributed by atoms with Gasteiger partial charge in [0.1, 0.15) is 5.75 Å². The van der Waals surface area contributed by atoms with Gasteiger partial charge < -0.3 is 23.5 Å². The van der Waals surface area contributed by atoms with E-state index < -0.39 is 0 Å². The molecule has 0 bridgehead atoms. The summed E-state index contributed by atoms with van der Waals surface area (Å²) in [5.41, 5.74) is 1.94. The molecule has 30 heavy (non-hydrogen) atoms. The van der Waals surface area contributed by atoms with Crippen LogP contribution in [0.5, 0.6) is 17.2 Å². The molecule has 0 spiro atoms. The van der Waals surface area contributed by atoms with Crippen molar-refractivity contribution < 1.29 is 18.6 Å². The minimum absolute atomic E-state index is 0.234. The standard InChI is InChI=1S/C21H22N4O4S/c1-26-17-5-3-2-4-16(17)24-10-8-23(9-11-24)13-25-21(30)29-20(22-25)15-6-7-18-19(12-15)28-14-27-18/h2-7,12H,8-11,13-14H2,1H3. The molecule has 0 amide bonds. The van der Waals surface area contributed by atoms with E-state index in [2.05, 4.69) is 21.0 Å². The molecule has 3 aromatic rings. The van der Waals surface area contributed by atoms with E-state index >= 15 is 0 Å². The van der Waals surface area contributed by atoms with Crippen LogP contribution >= 0.6 is 12.2 Å². The van der Waals surface area contributed by atoms with Crippen molar-refractivity contribution in [2.45, 2.75) is 6.67 Å². The Morgan fingerprint density at radius 1 is 1.03 bits per heavy atom. The van der Waals surface area contributed by atoms with Crippen molar-refractivity contribution in [2.24, 2.45) is 0 Å². The molecule has 1 fully saturated rings. The fourth-order valence-corrected chi connectivity index (χ4v) is 3.93. The van der Waals surface area contributed by atoms with Crippen LogP contribution in [0.1, 0.15) is 0 Å². The normalized spacial score (nSPS) is 16.1. The van der Waals surface area contributed by atoms with Gasteiger partial charge in [-0.3, -0.25) is 4.90 Å². The number of aromatic nitrogens is 2. The van der Waals surface area contributed by atoms with E-state index in [1.54, 1.807) is 11.8 Å². The lowest BCUT2D eigenvalue weighted by atomic mass is 10.2. The maximum absolute atomic E-state index is 5.74. The van der Waals surface area contributed by atoms with Crippen LogP contribution in [0.4, 0.5) is 5.69 Å². The summed E-state index contributed by atoms with van der Waals surface area (Å²) >= 11 is 5.40. The van der Waals surface area contributed by atoms with E-state index in [0.717, 1.165) is 48.9 Å². The SMILES string of the molecule is COc1ccccc1N1CCN(Cn2nc(-c3ccc4c(c3)OCO4)oc2=S)CC1. The Morgan fingerprint density at radius 3 is 2.67 bits per heavy atom. The Hall–Kier alpha value is -3.04. The maximum Gasteiger partial charge on any atom is 0.288 e. The highest BCUT2D eigenvalue weighted by molar-refractivity contribution is 7.71. The number of benzene rings is 2. The Balaban J connectivity index is 1.26. The van der Waals surface area contributed by atoms with Crippen LogP contribution in [0, 0.1) is 4.84 Å². The van der Waals surface area contributed by atoms with Crippen molar-refractivity contribution in [1.82, 2.24) is 14.7 Å². The molecule has 156 valence electrons. The number of nitrogens with zero attached hydrogens (tertiary/aromatic N) is 4. The van der Waals surface area contributed by atoms with E-state index in [1.807, 2.05) is 36.4 Å². The summed E-state index contributed by atoms with van der Waals surface area (Å²) in [7, 11) is 1.71. The Bertz CT molecular complexity index is 1100. The van der Waals surface area contributed by atoms with Crippen molar-refractivity contribution in [1.29, 1.82) is 0 Å². The van der Waals surface area contributed by atoms with E-state index in [9.17, 15) is 0 Å². The summed E-state index contributed by atoms with van der Waals surface area (Å²) in [6.45, 7) is 4.42. The van der Waals surface area contributed by atoms with Gasteiger partial charge in [0, 0.05) is 31.7 Å². The second-order valence-electron chi connectivity index (χ2n) is 7.16. The van der Waals surface area contributed by atoms with Crippen molar-refractivity contribution >= 4 is 17.9 Å². The Labute approximate surface area is 179 Å². The number of rotatable bonds is 5. The molecular weight excluding hydrogens is 404 g/mol. The van der Waals surface area contributed by atoms with Crippen LogP contribution in [0.15, 0.2) is 46.9 Å². The van der Waals surface area contributed by atoms with Gasteiger partial charge in [0.15, 0.2) is 11.5 Å². The summed E-state index contributed by atoms with van der Waals surface area (Å²) in [6.07, 6.45) is 0. The van der Waals surface area contributed by atoms with Crippen molar-refractivity contribution in [3.8, 4) is 28.7 Å². The van der Waals surface area contributed by atoms with E-state index in [-0.39, 0.29) is 6.79 Å². The predicted molar refractivity (Wildman–Crippen MR) is 114 cm³/mol. The molecule has 0 radical (unpaired) electrons. The quantitative estimate of drug-likeness (QED) is 0.576. The minimum atomic E-state index is 0.234. The van der Waals surface area contributed by atoms with Crippen molar-refractivity contribution in [3.05, 3.63) is 47.3 Å². The number of hydrogen-bond acceptors (Lipinski definition) is 8. The third kappa shape index (κ3) is 3.61. The number of para-hydroxylation sites is 2. The monoisotopic (exact) mass is 426 g/mol. The molecule has 0 unspecified atom stereocenters. The zero-order chi connectivity index (χ0) is 20.5. The van der Waals surface area contributed by atoms with Gasteiger partial charge in [-0.05, 0) is 42.5 Å². The molecular formula is C21H22N4O4S. The molecule has 1 saturated heterocycles. The van der Waals surface area contributed by atoms with Crippen LogP contribution in [0.25, 0.3) is 11.5 Å². The first-order valence-corrected chi connectivity index (χ1v) is 10.2. The molecule has 5 rings (SSSR count). The fourth-order valence-electron chi connectivity index (χ4n) is 3.75. The minimum Gasteiger partial charge on any atom is -0.495 e. The molecule has 1 aromatic heterocycles. The van der Waals surface area contributed by atoms with Crippen LogP contribution in [-0.4, -0.2) is 54.8 Å². The largest absolute Gasteiger partial charge is 0.495 e. The second-order valence-corrected chi connectivity index (χ2v) is 7.51. The fraction of sp³-hybridized carbons (Fsp3) is 0.333. The van der Waals surface area contributed by atoms with Gasteiger partial charge >= 0.3 is 0 Å². The highest BCUT2D eigenvalue weighted by Gasteiger charge is 2.21. The predicted octanol–water partition coefficient (Wildman–Crippen LogP) is 3.39. The van der Waals surface area contributed by atoms with Gasteiger partial charge in [0.05, 0.1) is 19.5 Å². The lowest BCUT2D eigenvalue weighted by Gasteiger charge is -2.36. The second kappa shape index (κ2) is 8.00. The highest BCUT2D eigenvalue weighted by Crippen LogP contribution is 2.35. The summed E-state index contributed by atoms with van der Waals surface area (Å²) in [5.74, 6) is 2.80. The third-order valence-electron chi connectivity index (χ3n) is 5.36.